The van der Waals surface area contributed by atoms with Crippen molar-refractivity contribution in [3.05, 3.63) is 47.2 Å². The van der Waals surface area contributed by atoms with Crippen molar-refractivity contribution in [2.75, 3.05) is 19.8 Å². The Hall–Kier alpha value is -4.34. The second-order valence-electron chi connectivity index (χ2n) is 26.4. The summed E-state index contributed by atoms with van der Waals surface area (Å²) in [7, 11) is -4.32. The van der Waals surface area contributed by atoms with Crippen LogP contribution in [0.25, 0.3) is 0 Å². The molecule has 6 fully saturated rings. The van der Waals surface area contributed by atoms with E-state index in [0.29, 0.717) is 32.1 Å². The number of allylic oxidation sites excluding steroid dienone is 2. The van der Waals surface area contributed by atoms with Gasteiger partial charge in [-0.15, -0.1) is 0 Å². The Morgan fingerprint density at radius 2 is 1.44 bits per heavy atom. The third-order valence-electron chi connectivity index (χ3n) is 20.9. The van der Waals surface area contributed by atoms with E-state index in [4.69, 9.17) is 33.2 Å². The number of aliphatic hydroxyl groups is 7. The highest BCUT2D eigenvalue weighted by molar-refractivity contribution is 7.91. The number of sulfone groups is 1. The Morgan fingerprint density at radius 1 is 0.780 bits per heavy atom. The molecule has 1 aromatic heterocycles. The van der Waals surface area contributed by atoms with Crippen LogP contribution < -0.4 is 9.64 Å². The van der Waals surface area contributed by atoms with Crippen LogP contribution in [-0.2, 0) is 52.6 Å². The number of nitrogens with zero attached hydrogens (tertiary/aromatic N) is 2. The van der Waals surface area contributed by atoms with Gasteiger partial charge in [0, 0.05) is 11.8 Å². The van der Waals surface area contributed by atoms with E-state index in [2.05, 4.69) is 64.3 Å². The molecule has 0 spiro atoms. The molecule has 0 bridgehead atoms. The largest absolute Gasteiger partial charge is 0.463 e. The Kier molecular flexibility index (Phi) is 17.6. The Bertz CT molecular complexity index is 2790. The lowest BCUT2D eigenvalue weighted by atomic mass is 9.33. The standard InChI is InChI=1S/C58H84N2O21S/c1-31(20-27-74-48-49(60(71)81-59-48)82(72,73)32-12-10-9-11-13-32)75-40(63)16-17-41(64)78-39-19-21-55(6)37(54(39,4)5)18-22-57(8)38(55)15-14-33-34-28-53(2,3)23-25-58(34,26-24-56(33,57)7)52(70)80-51-46(69)44(67)47(36(30-62)77-51)79-50-45(68)43(66)42(65)35(29-61)76-50/h9-14,31,34-39,42-47,50-51,61-62,65-69H,15-30H2,1-8H3/t31?,34-,35+,36+,37-,38+,39-,42-,43-,44+,45+,46+,47+,50-,51-,55-,56+,57+,58-/m0/s1. The highest BCUT2D eigenvalue weighted by Gasteiger charge is 2.70. The van der Waals surface area contributed by atoms with Crippen molar-refractivity contribution in [1.82, 2.24) is 5.16 Å². The molecule has 3 heterocycles. The van der Waals surface area contributed by atoms with Gasteiger partial charge in [-0.1, -0.05) is 78.3 Å². The number of rotatable bonds is 17. The summed E-state index contributed by atoms with van der Waals surface area (Å²) >= 11 is 0. The number of hydrogen-bond donors (Lipinski definition) is 7. The fraction of sp³-hybridized carbons (Fsp3) is 0.776. The van der Waals surface area contributed by atoms with Crippen LogP contribution in [0.2, 0.25) is 0 Å². The number of aromatic nitrogens is 2. The lowest BCUT2D eigenvalue weighted by Gasteiger charge is -2.71. The SMILES string of the molecule is CC(CCOc1no[n+]([O-])c1S(=O)(=O)c1ccccc1)OC(=O)CCC(=O)O[C@H]1CC[C@]2(C)[C@H]3CC=C4[C@@H]5CC(C)(C)CC[C@]5(C(=O)O[C@@H]5O[C@H](CO)[C@@H](O[C@@H]6O[C@H](CO)[C@H](O)[C@H](O)[C@H]6O)[C@H](O)[C@H]5O)CC[C@@]4(C)[C@]3(C)CC[C@H]2C1(C)C. The molecule has 0 radical (unpaired) electrons. The maximum absolute atomic E-state index is 15.0. The second kappa shape index (κ2) is 23.2. The van der Waals surface area contributed by atoms with Crippen molar-refractivity contribution in [2.24, 2.45) is 50.2 Å². The van der Waals surface area contributed by atoms with E-state index in [-0.39, 0.29) is 75.1 Å². The van der Waals surface area contributed by atoms with Crippen molar-refractivity contribution in [3.63, 3.8) is 0 Å². The number of fused-ring (bicyclic) bond motifs is 7. The molecule has 7 N–H and O–H groups in total. The van der Waals surface area contributed by atoms with E-state index in [1.807, 2.05) is 0 Å². The molecule has 2 saturated heterocycles. The van der Waals surface area contributed by atoms with E-state index in [9.17, 15) is 59.0 Å². The number of carbonyl (C=O) groups excluding carboxylic acids is 3. The highest BCUT2D eigenvalue weighted by Crippen LogP contribution is 2.76. The van der Waals surface area contributed by atoms with E-state index in [1.54, 1.807) is 13.0 Å². The number of ether oxygens (including phenoxy) is 7. The van der Waals surface area contributed by atoms with Gasteiger partial charge in [0.05, 0.1) is 48.1 Å². The van der Waals surface area contributed by atoms with Gasteiger partial charge >= 0.3 is 28.8 Å². The van der Waals surface area contributed by atoms with Gasteiger partial charge in [0.25, 0.3) is 9.84 Å². The topological polar surface area (TPSA) is 345 Å². The van der Waals surface area contributed by atoms with Crippen molar-refractivity contribution in [2.45, 2.75) is 222 Å². The van der Waals surface area contributed by atoms with Crippen LogP contribution in [0, 0.1) is 55.5 Å². The van der Waals surface area contributed by atoms with Crippen LogP contribution in [-0.4, -0.2) is 161 Å². The maximum atomic E-state index is 15.0. The number of esters is 3. The average Bonchev–Trinajstić information content (AvgIpc) is 2.17. The van der Waals surface area contributed by atoms with Crippen molar-refractivity contribution >= 4 is 27.7 Å². The number of aliphatic hydroxyl groups excluding tert-OH is 7. The van der Waals surface area contributed by atoms with Crippen LogP contribution in [0.5, 0.6) is 5.88 Å². The first-order chi connectivity index (χ1) is 38.5. The molecule has 24 heteroatoms. The molecule has 458 valence electrons. The fourth-order valence-corrected chi connectivity index (χ4v) is 17.3. The summed E-state index contributed by atoms with van der Waals surface area (Å²) < 4.78 is 71.3. The van der Waals surface area contributed by atoms with E-state index in [0.717, 1.165) is 32.1 Å². The van der Waals surface area contributed by atoms with Crippen LogP contribution in [0.15, 0.2) is 56.5 Å². The molecule has 9 rings (SSSR count). The van der Waals surface area contributed by atoms with E-state index < -0.39 is 136 Å². The third kappa shape index (κ3) is 10.9. The predicted molar refractivity (Wildman–Crippen MR) is 284 cm³/mol. The smallest absolute Gasteiger partial charge is 0.414 e. The summed E-state index contributed by atoms with van der Waals surface area (Å²) in [6, 6.07) is 7.28. The molecule has 4 saturated carbocycles. The Labute approximate surface area is 478 Å². The Morgan fingerprint density at radius 3 is 2.13 bits per heavy atom. The molecule has 5 aliphatic carbocycles. The summed E-state index contributed by atoms with van der Waals surface area (Å²) in [6.07, 6.45) is -8.52. The third-order valence-corrected chi connectivity index (χ3v) is 22.6. The summed E-state index contributed by atoms with van der Waals surface area (Å²) in [4.78, 5) is 41.1. The molecular weight excluding hydrogens is 1090 g/mol. The van der Waals surface area contributed by atoms with Gasteiger partial charge in [0.1, 0.15) is 61.0 Å². The minimum Gasteiger partial charge on any atom is -0.463 e. The van der Waals surface area contributed by atoms with Crippen LogP contribution in [0.3, 0.4) is 0 Å². The molecule has 23 nitrogen and oxygen atoms in total. The zero-order valence-corrected chi connectivity index (χ0v) is 48.9. The zero-order valence-electron chi connectivity index (χ0n) is 48.1. The minimum atomic E-state index is -4.32. The van der Waals surface area contributed by atoms with E-state index in [1.165, 1.54) is 29.8 Å². The van der Waals surface area contributed by atoms with Crippen LogP contribution in [0.1, 0.15) is 139 Å². The van der Waals surface area contributed by atoms with Crippen molar-refractivity contribution < 1.29 is 101 Å². The first kappa shape index (κ1) is 62.2. The molecule has 1 aromatic carbocycles. The monoisotopic (exact) mass is 1180 g/mol. The van der Waals surface area contributed by atoms with Gasteiger partial charge in [-0.3, -0.25) is 19.0 Å². The summed E-state index contributed by atoms with van der Waals surface area (Å²) in [6.45, 7) is 15.9. The van der Waals surface area contributed by atoms with Crippen LogP contribution >= 0.6 is 0 Å². The van der Waals surface area contributed by atoms with Gasteiger partial charge in [-0.2, -0.15) is 0 Å². The van der Waals surface area contributed by atoms with E-state index >= 15 is 4.79 Å². The molecule has 82 heavy (non-hydrogen) atoms. The predicted octanol–water partition coefficient (Wildman–Crippen LogP) is 3.50. The van der Waals surface area contributed by atoms with Crippen LogP contribution in [0.4, 0.5) is 0 Å². The second-order valence-corrected chi connectivity index (χ2v) is 28.3. The van der Waals surface area contributed by atoms with Gasteiger partial charge in [0.15, 0.2) is 6.29 Å². The zero-order chi connectivity index (χ0) is 59.7. The molecular formula is C58H84N2O21S. The summed E-state index contributed by atoms with van der Waals surface area (Å²) in [5.74, 6) is -2.00. The fourth-order valence-electron chi connectivity index (χ4n) is 16.0. The quantitative estimate of drug-likeness (QED) is 0.0516. The first-order valence-electron chi connectivity index (χ1n) is 28.9. The first-order valence-corrected chi connectivity index (χ1v) is 30.4. The molecule has 0 amide bonds. The van der Waals surface area contributed by atoms with Gasteiger partial charge in [-0.25, -0.2) is 8.42 Å². The van der Waals surface area contributed by atoms with Crippen molar-refractivity contribution in [3.8, 4) is 5.88 Å². The van der Waals surface area contributed by atoms with Gasteiger partial charge in [-0.05, 0) is 128 Å². The summed E-state index contributed by atoms with van der Waals surface area (Å²) in [5, 5.41) is 89.2. The minimum absolute atomic E-state index is 0.108. The number of carbonyl (C=O) groups is 3. The lowest BCUT2D eigenvalue weighted by molar-refractivity contribution is -0.832. The number of hydrogen-bond acceptors (Lipinski definition) is 22. The molecule has 19 atom stereocenters. The van der Waals surface area contributed by atoms with Gasteiger partial charge in [0.2, 0.25) is 6.29 Å². The average molecular weight is 1180 g/mol. The number of benzene rings is 1. The van der Waals surface area contributed by atoms with Crippen molar-refractivity contribution in [1.29, 1.82) is 0 Å². The highest BCUT2D eigenvalue weighted by atomic mass is 32.2. The Balaban J connectivity index is 0.817. The lowest BCUT2D eigenvalue weighted by Crippen LogP contribution is -2.66. The van der Waals surface area contributed by atoms with Gasteiger partial charge < -0.3 is 74.1 Å². The molecule has 2 aliphatic heterocycles. The molecule has 2 aromatic rings. The maximum Gasteiger partial charge on any atom is 0.414 e. The molecule has 1 unspecified atom stereocenters. The summed E-state index contributed by atoms with van der Waals surface area (Å²) in [5.41, 5.74) is -0.907. The normalized spacial score (nSPS) is 39.9. The molecule has 7 aliphatic rings.